The maximum Gasteiger partial charge on any atom is 0.354 e. The quantitative estimate of drug-likeness (QED) is 0.802. The summed E-state index contributed by atoms with van der Waals surface area (Å²) in [5.41, 5.74) is 1.50. The van der Waals surface area contributed by atoms with Crippen molar-refractivity contribution >= 4 is 32.9 Å². The lowest BCUT2D eigenvalue weighted by Crippen LogP contribution is -1.99. The monoisotopic (exact) mass is 240 g/mol. The van der Waals surface area contributed by atoms with E-state index in [-0.39, 0.29) is 5.69 Å². The van der Waals surface area contributed by atoms with Crippen LogP contribution < -0.4 is 0 Å². The second-order valence-electron chi connectivity index (χ2n) is 2.53. The Labute approximate surface area is 81.7 Å². The molecule has 2 N–H and O–H groups in total. The molecule has 0 atom stereocenters. The lowest BCUT2D eigenvalue weighted by atomic mass is 10.3. The van der Waals surface area contributed by atoms with Gasteiger partial charge in [-0.3, -0.25) is 0 Å². The Morgan fingerprint density at radius 2 is 2.38 bits per heavy atom. The van der Waals surface area contributed by atoms with Crippen molar-refractivity contribution in [2.24, 2.45) is 0 Å². The summed E-state index contributed by atoms with van der Waals surface area (Å²) in [7, 11) is 0. The highest BCUT2D eigenvalue weighted by atomic mass is 79.9. The molecule has 0 radical (unpaired) electrons. The highest BCUT2D eigenvalue weighted by Crippen LogP contribution is 2.21. The summed E-state index contributed by atoms with van der Waals surface area (Å²) < 4.78 is 0.708. The van der Waals surface area contributed by atoms with Crippen LogP contribution in [0.5, 0.6) is 0 Å². The highest BCUT2D eigenvalue weighted by Gasteiger charge is 2.09. The molecule has 2 aromatic heterocycles. The Hall–Kier alpha value is -1.36. The second-order valence-corrected chi connectivity index (χ2v) is 3.39. The number of H-pyrrole nitrogens is 1. The summed E-state index contributed by atoms with van der Waals surface area (Å²) in [5, 5.41) is 8.71. The van der Waals surface area contributed by atoms with Crippen LogP contribution in [0, 0.1) is 0 Å². The Morgan fingerprint density at radius 3 is 3.08 bits per heavy atom. The minimum atomic E-state index is -1.02. The van der Waals surface area contributed by atoms with Gasteiger partial charge in [0.2, 0.25) is 0 Å². The number of aromatic nitrogens is 2. The molecule has 0 saturated heterocycles. The number of rotatable bonds is 1. The number of nitrogens with one attached hydrogen (secondary N) is 1. The van der Waals surface area contributed by atoms with Crippen LogP contribution in [0.15, 0.2) is 22.8 Å². The number of carboxylic acids is 1. The fourth-order valence-electron chi connectivity index (χ4n) is 1.11. The molecule has 66 valence electrons. The molecule has 0 aliphatic heterocycles. The van der Waals surface area contributed by atoms with E-state index in [9.17, 15) is 4.79 Å². The van der Waals surface area contributed by atoms with Gasteiger partial charge in [-0.05, 0) is 28.1 Å². The van der Waals surface area contributed by atoms with Crippen LogP contribution in [0.1, 0.15) is 10.5 Å². The van der Waals surface area contributed by atoms with Gasteiger partial charge in [0.1, 0.15) is 5.69 Å². The minimum Gasteiger partial charge on any atom is -0.477 e. The van der Waals surface area contributed by atoms with Crippen LogP contribution in [0.2, 0.25) is 0 Å². The number of hydrogen-bond acceptors (Lipinski definition) is 2. The molecule has 0 unspecified atom stereocenters. The first-order valence-electron chi connectivity index (χ1n) is 3.55. The molecule has 0 aromatic carbocycles. The van der Waals surface area contributed by atoms with Gasteiger partial charge in [-0.1, -0.05) is 0 Å². The summed E-state index contributed by atoms with van der Waals surface area (Å²) in [6.07, 6.45) is 1.72. The number of pyridine rings is 1. The van der Waals surface area contributed by atoms with E-state index in [2.05, 4.69) is 25.9 Å². The second kappa shape index (κ2) is 2.85. The van der Waals surface area contributed by atoms with Gasteiger partial charge in [-0.2, -0.15) is 0 Å². The first-order valence-corrected chi connectivity index (χ1v) is 4.34. The van der Waals surface area contributed by atoms with Crippen molar-refractivity contribution in [3.63, 3.8) is 0 Å². The van der Waals surface area contributed by atoms with E-state index in [1.54, 1.807) is 12.3 Å². The molecule has 0 saturated carbocycles. The maximum atomic E-state index is 10.6. The fraction of sp³-hybridized carbons (Fsp3) is 0. The van der Waals surface area contributed by atoms with Crippen molar-refractivity contribution < 1.29 is 9.90 Å². The molecule has 2 heterocycles. The minimum absolute atomic E-state index is 0.0407. The number of carboxylic acid groups (broad SMARTS) is 1. The molecule has 0 aliphatic carbocycles. The molecule has 2 rings (SSSR count). The smallest absolute Gasteiger partial charge is 0.354 e. The van der Waals surface area contributed by atoms with Crippen LogP contribution in [0.3, 0.4) is 0 Å². The molecular formula is C8H5BrN2O2. The van der Waals surface area contributed by atoms with Crippen molar-refractivity contribution in [3.8, 4) is 0 Å². The van der Waals surface area contributed by atoms with E-state index in [4.69, 9.17) is 5.11 Å². The summed E-state index contributed by atoms with van der Waals surface area (Å²) >= 11 is 3.26. The van der Waals surface area contributed by atoms with Gasteiger partial charge in [0, 0.05) is 10.7 Å². The molecule has 5 heteroatoms. The average molecular weight is 241 g/mol. The van der Waals surface area contributed by atoms with Crippen LogP contribution >= 0.6 is 15.9 Å². The summed E-state index contributed by atoms with van der Waals surface area (Å²) in [6.45, 7) is 0. The van der Waals surface area contributed by atoms with Crippen molar-refractivity contribution in [1.29, 1.82) is 0 Å². The van der Waals surface area contributed by atoms with Crippen LogP contribution in [0.25, 0.3) is 11.0 Å². The van der Waals surface area contributed by atoms with Gasteiger partial charge in [0.05, 0.1) is 11.0 Å². The van der Waals surface area contributed by atoms with Crippen molar-refractivity contribution in [2.45, 2.75) is 0 Å². The van der Waals surface area contributed by atoms with Gasteiger partial charge in [0.25, 0.3) is 0 Å². The first kappa shape index (κ1) is 8.25. The molecule has 0 bridgehead atoms. The first-order chi connectivity index (χ1) is 6.18. The maximum absolute atomic E-state index is 10.6. The molecule has 13 heavy (non-hydrogen) atoms. The molecule has 0 aliphatic rings. The van der Waals surface area contributed by atoms with Crippen molar-refractivity contribution in [2.75, 3.05) is 0 Å². The zero-order chi connectivity index (χ0) is 9.42. The zero-order valence-electron chi connectivity index (χ0n) is 6.41. The largest absolute Gasteiger partial charge is 0.477 e. The third-order valence-corrected chi connectivity index (χ3v) is 2.31. The number of nitrogens with zero attached hydrogens (tertiary/aromatic N) is 1. The SMILES string of the molecule is O=C(O)c1cc(Br)c2[nH]ccc2n1. The Bertz CT molecular complexity index is 478. The molecule has 0 fully saturated rings. The normalized spacial score (nSPS) is 10.5. The Morgan fingerprint density at radius 1 is 1.62 bits per heavy atom. The lowest BCUT2D eigenvalue weighted by molar-refractivity contribution is 0.0691. The van der Waals surface area contributed by atoms with E-state index in [1.165, 1.54) is 6.07 Å². The third kappa shape index (κ3) is 1.31. The summed E-state index contributed by atoms with van der Waals surface area (Å²) in [4.78, 5) is 17.5. The molecular weight excluding hydrogens is 236 g/mol. The van der Waals surface area contributed by atoms with Gasteiger partial charge >= 0.3 is 5.97 Å². The van der Waals surface area contributed by atoms with E-state index >= 15 is 0 Å². The zero-order valence-corrected chi connectivity index (χ0v) is 8.00. The molecule has 2 aromatic rings. The number of carbonyl (C=O) groups is 1. The number of hydrogen-bond donors (Lipinski definition) is 2. The Kier molecular flexibility index (Phi) is 1.81. The standard InChI is InChI=1S/C8H5BrN2O2/c9-4-3-6(8(12)13)11-5-1-2-10-7(4)5/h1-3,10H,(H,12,13). The lowest BCUT2D eigenvalue weighted by Gasteiger charge is -1.96. The number of fused-ring (bicyclic) bond motifs is 1. The van der Waals surface area contributed by atoms with E-state index in [0.29, 0.717) is 9.99 Å². The molecule has 4 nitrogen and oxygen atoms in total. The van der Waals surface area contributed by atoms with Crippen LogP contribution in [-0.2, 0) is 0 Å². The number of aromatic amines is 1. The Balaban J connectivity index is 2.77. The summed E-state index contributed by atoms with van der Waals surface area (Å²) in [6, 6.07) is 3.20. The van der Waals surface area contributed by atoms with Gasteiger partial charge < -0.3 is 10.1 Å². The van der Waals surface area contributed by atoms with E-state index in [0.717, 1.165) is 5.52 Å². The van der Waals surface area contributed by atoms with Crippen molar-refractivity contribution in [1.82, 2.24) is 9.97 Å². The van der Waals surface area contributed by atoms with Gasteiger partial charge in [0.15, 0.2) is 0 Å². The highest BCUT2D eigenvalue weighted by molar-refractivity contribution is 9.10. The molecule has 0 spiro atoms. The third-order valence-electron chi connectivity index (χ3n) is 1.69. The van der Waals surface area contributed by atoms with Crippen molar-refractivity contribution in [3.05, 3.63) is 28.5 Å². The fourth-order valence-corrected chi connectivity index (χ4v) is 1.64. The summed E-state index contributed by atoms with van der Waals surface area (Å²) in [5.74, 6) is -1.02. The average Bonchev–Trinajstić information content (AvgIpc) is 2.51. The predicted octanol–water partition coefficient (Wildman–Crippen LogP) is 2.02. The number of aromatic carboxylic acids is 1. The van der Waals surface area contributed by atoms with Crippen LogP contribution in [-0.4, -0.2) is 21.0 Å². The van der Waals surface area contributed by atoms with Crippen LogP contribution in [0.4, 0.5) is 0 Å². The van der Waals surface area contributed by atoms with E-state index in [1.807, 2.05) is 0 Å². The molecule has 0 amide bonds. The topological polar surface area (TPSA) is 66.0 Å². The van der Waals surface area contributed by atoms with Gasteiger partial charge in [-0.25, -0.2) is 9.78 Å². The van der Waals surface area contributed by atoms with Gasteiger partial charge in [-0.15, -0.1) is 0 Å². The number of halogens is 1. The predicted molar refractivity (Wildman–Crippen MR) is 50.8 cm³/mol. The van der Waals surface area contributed by atoms with E-state index < -0.39 is 5.97 Å².